The van der Waals surface area contributed by atoms with Crippen molar-refractivity contribution in [2.24, 2.45) is 0 Å². The lowest BCUT2D eigenvalue weighted by molar-refractivity contribution is -0.161. The molecule has 330 valence electrons. The van der Waals surface area contributed by atoms with Crippen LogP contribution in [0.4, 0.5) is 0 Å². The predicted octanol–water partition coefficient (Wildman–Crippen LogP) is 10.2. The lowest BCUT2D eigenvalue weighted by Gasteiger charge is -2.20. The van der Waals surface area contributed by atoms with Crippen molar-refractivity contribution in [2.75, 3.05) is 26.4 Å². The number of carbonyl (C=O) groups excluding carboxylic acids is 2. The Hall–Kier alpha value is -3.15. The Morgan fingerprint density at radius 2 is 1.17 bits per heavy atom. The van der Waals surface area contributed by atoms with Gasteiger partial charge in [-0.2, -0.15) is 0 Å². The highest BCUT2D eigenvalue weighted by molar-refractivity contribution is 7.47. The Kier molecular flexibility index (Phi) is 38.4. The van der Waals surface area contributed by atoms with Crippen LogP contribution in [0.25, 0.3) is 0 Å². The van der Waals surface area contributed by atoms with Gasteiger partial charge in [-0.15, -0.1) is 0 Å². The molecule has 0 aromatic carbocycles. The molecule has 0 bridgehead atoms. The van der Waals surface area contributed by atoms with Crippen LogP contribution >= 0.6 is 7.82 Å². The van der Waals surface area contributed by atoms with Gasteiger partial charge in [-0.1, -0.05) is 150 Å². The predicted molar refractivity (Wildman–Crippen MR) is 234 cm³/mol. The van der Waals surface area contributed by atoms with Gasteiger partial charge in [-0.3, -0.25) is 18.6 Å². The summed E-state index contributed by atoms with van der Waals surface area (Å²) in [4.78, 5) is 34.9. The van der Waals surface area contributed by atoms with Crippen LogP contribution in [0.1, 0.15) is 136 Å². The Morgan fingerprint density at radius 3 is 1.81 bits per heavy atom. The molecule has 0 heterocycles. The molecule has 0 aliphatic heterocycles. The van der Waals surface area contributed by atoms with E-state index in [1.807, 2.05) is 30.4 Å². The first-order chi connectivity index (χ1) is 28.1. The molecule has 0 spiro atoms. The molecule has 0 rings (SSSR count). The maximum absolute atomic E-state index is 12.6. The van der Waals surface area contributed by atoms with E-state index in [2.05, 4.69) is 79.1 Å². The lowest BCUT2D eigenvalue weighted by Crippen LogP contribution is -2.29. The van der Waals surface area contributed by atoms with Crippen molar-refractivity contribution in [3.63, 3.8) is 0 Å². The molecule has 0 fully saturated rings. The minimum atomic E-state index is -4.67. The number of hydrogen-bond acceptors (Lipinski definition) is 10. The zero-order valence-electron chi connectivity index (χ0n) is 35.3. The number of unbranched alkanes of at least 4 members (excludes halogenated alkanes) is 7. The summed E-state index contributed by atoms with van der Waals surface area (Å²) in [6.07, 6.45) is 45.5. The lowest BCUT2D eigenvalue weighted by atomic mass is 10.1. The van der Waals surface area contributed by atoms with Crippen LogP contribution in [0.2, 0.25) is 0 Å². The van der Waals surface area contributed by atoms with E-state index in [-0.39, 0.29) is 12.8 Å². The number of hydrogen-bond donors (Lipinski definition) is 4. The van der Waals surface area contributed by atoms with Gasteiger partial charge in [0, 0.05) is 12.8 Å². The molecule has 4 atom stereocenters. The third kappa shape index (κ3) is 39.7. The van der Waals surface area contributed by atoms with Crippen molar-refractivity contribution >= 4 is 19.8 Å². The van der Waals surface area contributed by atoms with Gasteiger partial charge in [-0.25, -0.2) is 4.57 Å². The Bertz CT molecular complexity index is 1300. The molecular weight excluding hydrogens is 759 g/mol. The topological polar surface area (TPSA) is 169 Å². The minimum Gasteiger partial charge on any atom is -0.462 e. The zero-order valence-corrected chi connectivity index (χ0v) is 36.2. The number of phosphoric ester groups is 1. The summed E-state index contributed by atoms with van der Waals surface area (Å²) < 4.78 is 32.5. The molecule has 0 saturated carbocycles. The standard InChI is InChI=1S/C46H75O11P/c1-3-5-7-9-11-12-13-14-15-16-17-18-19-20-21-22-24-28-32-36-45(50)54-40-44(41-56-58(52,53)55-39-43(49)38-47)57-46(51)37-33-29-25-27-31-35-42(48)34-30-26-23-10-8-6-4-2/h6,8,11-12,14-15,17-18,20-21,23-24,26,28,30,34,42-44,47-49H,3-5,7,9-10,13,16,19,22,25,27,29,31-33,35-41H2,1-2H3,(H,52,53)/b8-6+,12-11-,15-14-,18-17-,21-20-,26-23+,28-24-,34-30+/t42?,43-,44+/m0/s1. The first-order valence-corrected chi connectivity index (χ1v) is 22.8. The maximum Gasteiger partial charge on any atom is 0.472 e. The van der Waals surface area contributed by atoms with Gasteiger partial charge in [0.15, 0.2) is 6.10 Å². The van der Waals surface area contributed by atoms with Gasteiger partial charge in [0.25, 0.3) is 0 Å². The van der Waals surface area contributed by atoms with Crippen LogP contribution in [0.3, 0.4) is 0 Å². The second kappa shape index (κ2) is 40.6. The number of ether oxygens (including phenoxy) is 2. The van der Waals surface area contributed by atoms with Crippen molar-refractivity contribution in [3.05, 3.63) is 97.2 Å². The molecule has 0 aliphatic carbocycles. The highest BCUT2D eigenvalue weighted by Crippen LogP contribution is 2.43. The minimum absolute atomic E-state index is 0.0919. The number of phosphoric acid groups is 1. The fourth-order valence-electron chi connectivity index (χ4n) is 5.04. The van der Waals surface area contributed by atoms with Crippen LogP contribution in [-0.2, 0) is 32.7 Å². The number of aliphatic hydroxyl groups is 3. The van der Waals surface area contributed by atoms with E-state index in [4.69, 9.17) is 19.1 Å². The molecule has 0 amide bonds. The molecule has 2 unspecified atom stereocenters. The monoisotopic (exact) mass is 835 g/mol. The van der Waals surface area contributed by atoms with Crippen LogP contribution in [0.15, 0.2) is 97.2 Å². The summed E-state index contributed by atoms with van der Waals surface area (Å²) in [5, 5.41) is 28.4. The molecule has 0 radical (unpaired) electrons. The van der Waals surface area contributed by atoms with Crippen molar-refractivity contribution in [1.29, 1.82) is 0 Å². The molecule has 11 nitrogen and oxygen atoms in total. The normalized spacial score (nSPS) is 15.3. The SMILES string of the molecule is CC/C=C/C/C=C/C=C/C(O)CCCCCCCC(=O)O[C@H](COC(=O)CC/C=C\C/C=C\C/C=C\C/C=C\C/C=C\CCCCC)COP(=O)(O)OC[C@@H](O)CO. The van der Waals surface area contributed by atoms with Gasteiger partial charge < -0.3 is 29.7 Å². The summed E-state index contributed by atoms with van der Waals surface area (Å²) in [6.45, 7) is 1.99. The van der Waals surface area contributed by atoms with E-state index in [1.165, 1.54) is 19.3 Å². The van der Waals surface area contributed by atoms with Crippen molar-refractivity contribution in [3.8, 4) is 0 Å². The molecular formula is C46H75O11P. The largest absolute Gasteiger partial charge is 0.472 e. The molecule has 0 aromatic rings. The molecule has 4 N–H and O–H groups in total. The third-order valence-corrected chi connectivity index (χ3v) is 9.29. The highest BCUT2D eigenvalue weighted by Gasteiger charge is 2.27. The average Bonchev–Trinajstić information content (AvgIpc) is 3.21. The van der Waals surface area contributed by atoms with Crippen LogP contribution < -0.4 is 0 Å². The van der Waals surface area contributed by atoms with Gasteiger partial charge >= 0.3 is 19.8 Å². The Balaban J connectivity index is 4.53. The quantitative estimate of drug-likeness (QED) is 0.0154. The van der Waals surface area contributed by atoms with Crippen molar-refractivity contribution < 1.29 is 52.9 Å². The fourth-order valence-corrected chi connectivity index (χ4v) is 5.83. The summed E-state index contributed by atoms with van der Waals surface area (Å²) in [7, 11) is -4.67. The molecule has 0 aliphatic rings. The summed E-state index contributed by atoms with van der Waals surface area (Å²) >= 11 is 0. The van der Waals surface area contributed by atoms with E-state index >= 15 is 0 Å². The third-order valence-electron chi connectivity index (χ3n) is 8.34. The number of aliphatic hydroxyl groups excluding tert-OH is 3. The summed E-state index contributed by atoms with van der Waals surface area (Å²) in [5.74, 6) is -1.11. The van der Waals surface area contributed by atoms with Gasteiger partial charge in [-0.05, 0) is 70.6 Å². The number of esters is 2. The maximum atomic E-state index is 12.6. The first kappa shape index (κ1) is 54.9. The van der Waals surface area contributed by atoms with E-state index in [1.54, 1.807) is 6.08 Å². The van der Waals surface area contributed by atoms with Gasteiger partial charge in [0.1, 0.15) is 12.7 Å². The molecule has 0 aromatic heterocycles. The molecule has 0 saturated heterocycles. The number of allylic oxidation sites excluding steroid dienone is 15. The molecule has 12 heteroatoms. The summed E-state index contributed by atoms with van der Waals surface area (Å²) in [5.41, 5.74) is 0. The number of carbonyl (C=O) groups is 2. The fraction of sp³-hybridized carbons (Fsp3) is 0.609. The van der Waals surface area contributed by atoms with Gasteiger partial charge in [0.05, 0.1) is 25.9 Å². The van der Waals surface area contributed by atoms with Crippen molar-refractivity contribution in [2.45, 2.75) is 154 Å². The van der Waals surface area contributed by atoms with Crippen LogP contribution in [0.5, 0.6) is 0 Å². The van der Waals surface area contributed by atoms with Gasteiger partial charge in [0.2, 0.25) is 0 Å². The number of rotatable bonds is 38. The summed E-state index contributed by atoms with van der Waals surface area (Å²) in [6, 6.07) is 0. The average molecular weight is 835 g/mol. The van der Waals surface area contributed by atoms with Crippen molar-refractivity contribution in [1.82, 2.24) is 0 Å². The van der Waals surface area contributed by atoms with E-state index in [9.17, 15) is 29.3 Å². The Morgan fingerprint density at radius 1 is 0.603 bits per heavy atom. The van der Waals surface area contributed by atoms with Crippen LogP contribution in [0, 0.1) is 0 Å². The van der Waals surface area contributed by atoms with E-state index < -0.39 is 64.5 Å². The van der Waals surface area contributed by atoms with Crippen LogP contribution in [-0.4, -0.2) is 76.9 Å². The smallest absolute Gasteiger partial charge is 0.462 e. The second-order valence-electron chi connectivity index (χ2n) is 13.8. The Labute approximate surface area is 349 Å². The van der Waals surface area contributed by atoms with E-state index in [0.29, 0.717) is 19.3 Å². The van der Waals surface area contributed by atoms with E-state index in [0.717, 1.165) is 70.6 Å². The molecule has 58 heavy (non-hydrogen) atoms. The highest BCUT2D eigenvalue weighted by atomic mass is 31.2. The zero-order chi connectivity index (χ0) is 42.8. The first-order valence-electron chi connectivity index (χ1n) is 21.3. The second-order valence-corrected chi connectivity index (χ2v) is 15.3.